The van der Waals surface area contributed by atoms with Crippen LogP contribution in [0.3, 0.4) is 0 Å². The van der Waals surface area contributed by atoms with Gasteiger partial charge in [0.05, 0.1) is 17.7 Å². The van der Waals surface area contributed by atoms with E-state index in [2.05, 4.69) is 9.98 Å². The number of aliphatic imine (C=N–C) groups is 1. The van der Waals surface area contributed by atoms with Crippen molar-refractivity contribution in [2.45, 2.75) is 20.3 Å². The lowest BCUT2D eigenvalue weighted by Crippen LogP contribution is -2.08. The second-order valence-electron chi connectivity index (χ2n) is 2.68. The predicted octanol–water partition coefficient (Wildman–Crippen LogP) is 1.79. The van der Waals surface area contributed by atoms with E-state index in [1.807, 2.05) is 19.9 Å². The van der Waals surface area contributed by atoms with Gasteiger partial charge in [0, 0.05) is 12.6 Å². The fourth-order valence-electron chi connectivity index (χ4n) is 0.845. The third-order valence-electron chi connectivity index (χ3n) is 1.50. The molecular formula is C9H13N3. The van der Waals surface area contributed by atoms with E-state index >= 15 is 0 Å². The van der Waals surface area contributed by atoms with Crippen molar-refractivity contribution < 1.29 is 0 Å². The lowest BCUT2D eigenvalue weighted by molar-refractivity contribution is 1.21. The van der Waals surface area contributed by atoms with Crippen molar-refractivity contribution in [2.75, 3.05) is 0 Å². The standard InChI is InChI=1S/C9H13N3/c1-3-9(10)12-8-4-7(2)5-11-6-8/h4-6H,3H2,1-2H3,(H2,10,12). The number of amidine groups is 1. The minimum Gasteiger partial charge on any atom is -0.387 e. The Morgan fingerprint density at radius 3 is 2.92 bits per heavy atom. The van der Waals surface area contributed by atoms with Crippen molar-refractivity contribution in [1.82, 2.24) is 4.98 Å². The van der Waals surface area contributed by atoms with Gasteiger partial charge >= 0.3 is 0 Å². The zero-order valence-corrected chi connectivity index (χ0v) is 7.41. The molecule has 3 heteroatoms. The van der Waals surface area contributed by atoms with Crippen LogP contribution in [0.4, 0.5) is 5.69 Å². The van der Waals surface area contributed by atoms with Crippen molar-refractivity contribution in [3.63, 3.8) is 0 Å². The molecule has 1 aromatic rings. The zero-order chi connectivity index (χ0) is 8.97. The topological polar surface area (TPSA) is 51.3 Å². The average molecular weight is 163 g/mol. The first-order chi connectivity index (χ1) is 5.72. The summed E-state index contributed by atoms with van der Waals surface area (Å²) >= 11 is 0. The highest BCUT2D eigenvalue weighted by molar-refractivity contribution is 5.82. The summed E-state index contributed by atoms with van der Waals surface area (Å²) in [6.07, 6.45) is 4.27. The first-order valence-electron chi connectivity index (χ1n) is 3.97. The molecule has 0 saturated carbocycles. The summed E-state index contributed by atoms with van der Waals surface area (Å²) in [6, 6.07) is 1.95. The molecule has 1 rings (SSSR count). The summed E-state index contributed by atoms with van der Waals surface area (Å²) in [4.78, 5) is 8.18. The third-order valence-corrected chi connectivity index (χ3v) is 1.50. The molecule has 0 atom stereocenters. The molecule has 0 saturated heterocycles. The van der Waals surface area contributed by atoms with Crippen LogP contribution in [-0.2, 0) is 0 Å². The van der Waals surface area contributed by atoms with Crippen LogP contribution >= 0.6 is 0 Å². The van der Waals surface area contributed by atoms with Crippen LogP contribution in [0.1, 0.15) is 18.9 Å². The first-order valence-corrected chi connectivity index (χ1v) is 3.97. The van der Waals surface area contributed by atoms with Crippen molar-refractivity contribution in [1.29, 1.82) is 0 Å². The van der Waals surface area contributed by atoms with Crippen LogP contribution in [0.25, 0.3) is 0 Å². The van der Waals surface area contributed by atoms with Gasteiger partial charge in [-0.15, -0.1) is 0 Å². The van der Waals surface area contributed by atoms with Gasteiger partial charge in [-0.2, -0.15) is 0 Å². The summed E-state index contributed by atoms with van der Waals surface area (Å²) in [5, 5.41) is 0. The highest BCUT2D eigenvalue weighted by atomic mass is 14.9. The Labute approximate surface area is 72.3 Å². The van der Waals surface area contributed by atoms with Crippen molar-refractivity contribution in [2.24, 2.45) is 10.7 Å². The molecule has 0 spiro atoms. The maximum absolute atomic E-state index is 5.58. The SMILES string of the molecule is CCC(N)=Nc1cncc(C)c1. The van der Waals surface area contributed by atoms with Crippen LogP contribution in [-0.4, -0.2) is 10.8 Å². The summed E-state index contributed by atoms with van der Waals surface area (Å²) in [7, 11) is 0. The Morgan fingerprint density at radius 2 is 2.33 bits per heavy atom. The van der Waals surface area contributed by atoms with E-state index in [0.29, 0.717) is 5.84 Å². The maximum atomic E-state index is 5.58. The molecule has 0 aliphatic heterocycles. The number of aromatic nitrogens is 1. The Hall–Kier alpha value is -1.38. The van der Waals surface area contributed by atoms with Crippen molar-refractivity contribution >= 4 is 11.5 Å². The number of rotatable bonds is 2. The second-order valence-corrected chi connectivity index (χ2v) is 2.68. The molecule has 1 aromatic heterocycles. The number of pyridine rings is 1. The molecule has 0 amide bonds. The van der Waals surface area contributed by atoms with E-state index in [9.17, 15) is 0 Å². The van der Waals surface area contributed by atoms with Crippen LogP contribution in [0.15, 0.2) is 23.5 Å². The van der Waals surface area contributed by atoms with E-state index < -0.39 is 0 Å². The van der Waals surface area contributed by atoms with Gasteiger partial charge in [-0.05, 0) is 18.6 Å². The molecule has 0 aliphatic carbocycles. The Balaban J connectivity index is 2.89. The molecule has 0 aliphatic rings. The number of hydrogen-bond acceptors (Lipinski definition) is 2. The Morgan fingerprint density at radius 1 is 1.58 bits per heavy atom. The number of nitrogens with zero attached hydrogens (tertiary/aromatic N) is 2. The Bertz CT molecular complexity index is 292. The summed E-state index contributed by atoms with van der Waals surface area (Å²) in [6.45, 7) is 3.95. The van der Waals surface area contributed by atoms with Crippen LogP contribution < -0.4 is 5.73 Å². The fraction of sp³-hybridized carbons (Fsp3) is 0.333. The molecule has 0 aromatic carbocycles. The summed E-state index contributed by atoms with van der Waals surface area (Å²) in [5.41, 5.74) is 7.50. The summed E-state index contributed by atoms with van der Waals surface area (Å²) in [5.74, 6) is 0.641. The summed E-state index contributed by atoms with van der Waals surface area (Å²) < 4.78 is 0. The van der Waals surface area contributed by atoms with Gasteiger partial charge in [0.25, 0.3) is 0 Å². The normalized spacial score (nSPS) is 11.7. The monoisotopic (exact) mass is 163 g/mol. The van der Waals surface area contributed by atoms with E-state index in [0.717, 1.165) is 17.7 Å². The quantitative estimate of drug-likeness (QED) is 0.533. The largest absolute Gasteiger partial charge is 0.387 e. The zero-order valence-electron chi connectivity index (χ0n) is 7.41. The lowest BCUT2D eigenvalue weighted by Gasteiger charge is -1.96. The predicted molar refractivity (Wildman–Crippen MR) is 50.5 cm³/mol. The van der Waals surface area contributed by atoms with E-state index in [1.54, 1.807) is 12.4 Å². The number of aryl methyl sites for hydroxylation is 1. The average Bonchev–Trinajstić information content (AvgIpc) is 2.04. The van der Waals surface area contributed by atoms with E-state index in [-0.39, 0.29) is 0 Å². The maximum Gasteiger partial charge on any atom is 0.0994 e. The molecule has 0 bridgehead atoms. The van der Waals surface area contributed by atoms with Crippen molar-refractivity contribution in [3.05, 3.63) is 24.0 Å². The van der Waals surface area contributed by atoms with Gasteiger partial charge in [-0.1, -0.05) is 6.92 Å². The lowest BCUT2D eigenvalue weighted by atomic mass is 10.3. The van der Waals surface area contributed by atoms with Crippen LogP contribution in [0, 0.1) is 6.92 Å². The van der Waals surface area contributed by atoms with Gasteiger partial charge in [0.2, 0.25) is 0 Å². The van der Waals surface area contributed by atoms with Gasteiger partial charge in [-0.25, -0.2) is 4.99 Å². The third kappa shape index (κ3) is 2.34. The molecule has 12 heavy (non-hydrogen) atoms. The van der Waals surface area contributed by atoms with E-state index in [4.69, 9.17) is 5.73 Å². The highest BCUT2D eigenvalue weighted by Crippen LogP contribution is 2.11. The molecule has 1 heterocycles. The van der Waals surface area contributed by atoms with Crippen LogP contribution in [0.5, 0.6) is 0 Å². The first kappa shape index (κ1) is 8.71. The highest BCUT2D eigenvalue weighted by Gasteiger charge is 1.91. The second kappa shape index (κ2) is 3.85. The Kier molecular flexibility index (Phi) is 2.80. The minimum absolute atomic E-state index is 0.641. The number of hydrogen-bond donors (Lipinski definition) is 1. The number of nitrogens with two attached hydrogens (primary N) is 1. The minimum atomic E-state index is 0.641. The molecule has 0 fully saturated rings. The molecule has 64 valence electrons. The van der Waals surface area contributed by atoms with Gasteiger partial charge in [-0.3, -0.25) is 4.98 Å². The molecular weight excluding hydrogens is 150 g/mol. The molecule has 0 radical (unpaired) electrons. The molecule has 3 nitrogen and oxygen atoms in total. The smallest absolute Gasteiger partial charge is 0.0994 e. The van der Waals surface area contributed by atoms with Crippen molar-refractivity contribution in [3.8, 4) is 0 Å². The van der Waals surface area contributed by atoms with Crippen LogP contribution in [0.2, 0.25) is 0 Å². The molecule has 0 unspecified atom stereocenters. The van der Waals surface area contributed by atoms with Gasteiger partial charge in [0.1, 0.15) is 0 Å². The van der Waals surface area contributed by atoms with Gasteiger partial charge in [0.15, 0.2) is 0 Å². The van der Waals surface area contributed by atoms with E-state index in [1.165, 1.54) is 0 Å². The fourth-order valence-corrected chi connectivity index (χ4v) is 0.845. The molecule has 2 N–H and O–H groups in total. The van der Waals surface area contributed by atoms with Gasteiger partial charge < -0.3 is 5.73 Å².